The number of hydrazine groups is 1. The van der Waals surface area contributed by atoms with E-state index in [4.69, 9.17) is 4.74 Å². The lowest BCUT2D eigenvalue weighted by molar-refractivity contribution is -0.174. The van der Waals surface area contributed by atoms with Gasteiger partial charge in [0, 0.05) is 44.1 Å². The number of aromatic nitrogens is 1. The highest BCUT2D eigenvalue weighted by atomic mass is 19.4. The molecule has 0 saturated carbocycles. The Morgan fingerprint density at radius 1 is 1.00 bits per heavy atom. The first-order chi connectivity index (χ1) is 15.7. The molecular weight excluding hydrogens is 443 g/mol. The number of amides is 4. The highest BCUT2D eigenvalue weighted by Gasteiger charge is 2.39. The largest absolute Gasteiger partial charge is 0.472 e. The van der Waals surface area contributed by atoms with E-state index in [0.29, 0.717) is 38.4 Å². The van der Waals surface area contributed by atoms with E-state index in [2.05, 4.69) is 4.98 Å². The molecule has 0 unspecified atom stereocenters. The van der Waals surface area contributed by atoms with Gasteiger partial charge in [0.2, 0.25) is 0 Å². The van der Waals surface area contributed by atoms with Crippen molar-refractivity contribution in [3.63, 3.8) is 0 Å². The summed E-state index contributed by atoms with van der Waals surface area (Å²) in [6.45, 7) is 2.42. The highest BCUT2D eigenvalue weighted by Crippen LogP contribution is 2.15. The van der Waals surface area contributed by atoms with Crippen molar-refractivity contribution in [3.05, 3.63) is 65.5 Å². The second kappa shape index (κ2) is 10.8. The zero-order valence-corrected chi connectivity index (χ0v) is 17.5. The second-order valence-electron chi connectivity index (χ2n) is 7.20. The molecular formula is C21H22F3N5O4. The zero-order valence-electron chi connectivity index (χ0n) is 17.5. The van der Waals surface area contributed by atoms with Gasteiger partial charge in [-0.15, -0.1) is 0 Å². The smallest absolute Gasteiger partial charge is 0.378 e. The first kappa shape index (κ1) is 24.0. The van der Waals surface area contributed by atoms with Gasteiger partial charge in [0.15, 0.2) is 0 Å². The molecule has 2 aromatic rings. The van der Waals surface area contributed by atoms with Crippen LogP contribution in [0.3, 0.4) is 0 Å². The summed E-state index contributed by atoms with van der Waals surface area (Å²) < 4.78 is 42.0. The Labute approximate surface area is 187 Å². The van der Waals surface area contributed by atoms with E-state index in [1.165, 1.54) is 17.6 Å². The van der Waals surface area contributed by atoms with Gasteiger partial charge in [0.1, 0.15) is 0 Å². The number of morpholine rings is 1. The van der Waals surface area contributed by atoms with Gasteiger partial charge >= 0.3 is 18.1 Å². The summed E-state index contributed by atoms with van der Waals surface area (Å²) in [5.74, 6) is -3.18. The van der Waals surface area contributed by atoms with Crippen molar-refractivity contribution in [1.29, 1.82) is 0 Å². The van der Waals surface area contributed by atoms with Gasteiger partial charge in [-0.05, 0) is 29.3 Å². The summed E-state index contributed by atoms with van der Waals surface area (Å²) in [5.41, 5.74) is 4.61. The summed E-state index contributed by atoms with van der Waals surface area (Å²) in [5, 5.41) is 0. The van der Waals surface area contributed by atoms with Crippen LogP contribution >= 0.6 is 0 Å². The fourth-order valence-corrected chi connectivity index (χ4v) is 3.10. The molecule has 4 amide bonds. The molecule has 2 N–H and O–H groups in total. The van der Waals surface area contributed by atoms with Crippen LogP contribution in [0.2, 0.25) is 0 Å². The molecule has 0 radical (unpaired) electrons. The van der Waals surface area contributed by atoms with Crippen LogP contribution in [0.1, 0.15) is 21.5 Å². The third kappa shape index (κ3) is 6.91. The van der Waals surface area contributed by atoms with Crippen LogP contribution in [0.25, 0.3) is 0 Å². The van der Waals surface area contributed by atoms with Crippen molar-refractivity contribution < 1.29 is 32.3 Å². The van der Waals surface area contributed by atoms with Gasteiger partial charge in [-0.3, -0.25) is 25.4 Å². The number of ether oxygens (including phenoxy) is 1. The molecule has 1 aliphatic heterocycles. The van der Waals surface area contributed by atoms with Gasteiger partial charge in [-0.1, -0.05) is 18.2 Å². The highest BCUT2D eigenvalue weighted by molar-refractivity contribution is 5.95. The Balaban J connectivity index is 1.67. The number of hydrogen-bond donors (Lipinski definition) is 2. The van der Waals surface area contributed by atoms with Crippen molar-refractivity contribution in [2.24, 2.45) is 0 Å². The molecule has 1 saturated heterocycles. The lowest BCUT2D eigenvalue weighted by atomic mass is 10.1. The van der Waals surface area contributed by atoms with Crippen LogP contribution < -0.4 is 10.9 Å². The fraction of sp³-hybridized carbons (Fsp3) is 0.333. The Bertz CT molecular complexity index is 964. The normalized spacial score (nSPS) is 13.8. The fourth-order valence-electron chi connectivity index (χ4n) is 3.10. The minimum absolute atomic E-state index is 0.0412. The minimum atomic E-state index is -5.11. The number of nitrogens with one attached hydrogen (secondary N) is 2. The first-order valence-electron chi connectivity index (χ1n) is 10.0. The number of carbonyl (C=O) groups excluding carboxylic acids is 3. The lowest BCUT2D eigenvalue weighted by Crippen LogP contribution is -2.47. The minimum Gasteiger partial charge on any atom is -0.378 e. The molecule has 1 aromatic carbocycles. The van der Waals surface area contributed by atoms with Gasteiger partial charge < -0.3 is 14.5 Å². The maximum atomic E-state index is 13.1. The predicted octanol–water partition coefficient (Wildman–Crippen LogP) is 1.86. The summed E-state index contributed by atoms with van der Waals surface area (Å²) in [6, 6.07) is 9.43. The summed E-state index contributed by atoms with van der Waals surface area (Å²) in [4.78, 5) is 43.3. The Morgan fingerprint density at radius 3 is 2.27 bits per heavy atom. The maximum absolute atomic E-state index is 13.1. The average Bonchev–Trinajstić information content (AvgIpc) is 2.82. The molecule has 1 aromatic heterocycles. The van der Waals surface area contributed by atoms with Gasteiger partial charge in [-0.2, -0.15) is 13.2 Å². The van der Waals surface area contributed by atoms with E-state index >= 15 is 0 Å². The molecule has 0 atom stereocenters. The third-order valence-corrected chi connectivity index (χ3v) is 4.78. The summed E-state index contributed by atoms with van der Waals surface area (Å²) in [6.07, 6.45) is -1.80. The van der Waals surface area contributed by atoms with Gasteiger partial charge in [0.25, 0.3) is 5.91 Å². The molecule has 2 heterocycles. The van der Waals surface area contributed by atoms with Crippen molar-refractivity contribution in [2.75, 3.05) is 26.3 Å². The molecule has 12 heteroatoms. The van der Waals surface area contributed by atoms with E-state index in [9.17, 15) is 27.6 Å². The molecule has 33 heavy (non-hydrogen) atoms. The van der Waals surface area contributed by atoms with E-state index in [0.717, 1.165) is 5.56 Å². The third-order valence-electron chi connectivity index (χ3n) is 4.78. The number of nitrogens with zero attached hydrogens (tertiary/aromatic N) is 3. The van der Waals surface area contributed by atoms with E-state index in [1.807, 2.05) is 6.07 Å². The Hall–Kier alpha value is -3.67. The number of urea groups is 1. The van der Waals surface area contributed by atoms with Crippen LogP contribution in [0.15, 0.2) is 48.8 Å². The van der Waals surface area contributed by atoms with Crippen LogP contribution in [-0.4, -0.2) is 65.1 Å². The van der Waals surface area contributed by atoms with Crippen molar-refractivity contribution >= 4 is 17.8 Å². The zero-order chi connectivity index (χ0) is 23.8. The summed E-state index contributed by atoms with van der Waals surface area (Å²) >= 11 is 0. The number of carbonyl (C=O) groups is 3. The quantitative estimate of drug-likeness (QED) is 0.657. The topological polar surface area (TPSA) is 104 Å². The standard InChI is InChI=1S/C21H22F3N5O4/c22-21(23,24)19(31)27-26-18(30)17-5-3-15(4-6-17)13-29(14-16-2-1-7-25-12-16)20(32)28-8-10-33-11-9-28/h1-7,12H,8-11,13-14H2,(H,26,30)(H,27,31). The predicted molar refractivity (Wildman–Crippen MR) is 109 cm³/mol. The van der Waals surface area contributed by atoms with Crippen LogP contribution in [0.5, 0.6) is 0 Å². The van der Waals surface area contributed by atoms with Crippen LogP contribution in [0.4, 0.5) is 18.0 Å². The number of pyridine rings is 1. The molecule has 1 aliphatic rings. The van der Waals surface area contributed by atoms with E-state index in [-0.39, 0.29) is 18.1 Å². The van der Waals surface area contributed by atoms with Crippen molar-refractivity contribution in [3.8, 4) is 0 Å². The van der Waals surface area contributed by atoms with E-state index in [1.54, 1.807) is 45.8 Å². The molecule has 0 aliphatic carbocycles. The average molecular weight is 465 g/mol. The number of halogens is 3. The number of hydrogen-bond acceptors (Lipinski definition) is 5. The van der Waals surface area contributed by atoms with Gasteiger partial charge in [-0.25, -0.2) is 4.79 Å². The molecule has 1 fully saturated rings. The SMILES string of the molecule is O=C(NNC(=O)C(F)(F)F)c1ccc(CN(Cc2cccnc2)C(=O)N2CCOCC2)cc1. The molecule has 9 nitrogen and oxygen atoms in total. The van der Waals surface area contributed by atoms with Crippen molar-refractivity contribution in [1.82, 2.24) is 25.6 Å². The molecule has 0 bridgehead atoms. The monoisotopic (exact) mass is 465 g/mol. The Morgan fingerprint density at radius 2 is 1.67 bits per heavy atom. The Kier molecular flexibility index (Phi) is 7.83. The first-order valence-corrected chi connectivity index (χ1v) is 10.0. The second-order valence-corrected chi connectivity index (χ2v) is 7.20. The maximum Gasteiger partial charge on any atom is 0.472 e. The van der Waals surface area contributed by atoms with Crippen LogP contribution in [0, 0.1) is 0 Å². The van der Waals surface area contributed by atoms with Gasteiger partial charge in [0.05, 0.1) is 13.2 Å². The van der Waals surface area contributed by atoms with Crippen molar-refractivity contribution in [2.45, 2.75) is 19.3 Å². The number of alkyl halides is 3. The summed E-state index contributed by atoms with van der Waals surface area (Å²) in [7, 11) is 0. The number of rotatable bonds is 5. The molecule has 0 spiro atoms. The van der Waals surface area contributed by atoms with Crippen LogP contribution in [-0.2, 0) is 22.6 Å². The van der Waals surface area contributed by atoms with E-state index < -0.39 is 18.0 Å². The lowest BCUT2D eigenvalue weighted by Gasteiger charge is -2.33. The molecule has 3 rings (SSSR count). The molecule has 176 valence electrons. The number of benzene rings is 1.